The van der Waals surface area contributed by atoms with Crippen molar-refractivity contribution in [2.75, 3.05) is 50.4 Å². The van der Waals surface area contributed by atoms with E-state index in [0.29, 0.717) is 0 Å². The van der Waals surface area contributed by atoms with Crippen LogP contribution in [-0.2, 0) is 0 Å². The Morgan fingerprint density at radius 2 is 1.78 bits per heavy atom. The molecule has 0 radical (unpaired) electrons. The van der Waals surface area contributed by atoms with Crippen LogP contribution in [0, 0.1) is 0 Å². The molecular formula is C14H23N3S. The molecule has 1 aliphatic heterocycles. The highest BCUT2D eigenvalue weighted by Crippen LogP contribution is 2.21. The fraction of sp³-hybridized carbons (Fsp3) is 0.571. The first-order valence-electron chi connectivity index (χ1n) is 6.65. The minimum atomic E-state index is 0.802. The second kappa shape index (κ2) is 7.02. The number of benzene rings is 1. The first kappa shape index (κ1) is 13.7. The molecule has 18 heavy (non-hydrogen) atoms. The van der Waals surface area contributed by atoms with Crippen molar-refractivity contribution < 1.29 is 0 Å². The van der Waals surface area contributed by atoms with Crippen LogP contribution in [0.3, 0.4) is 0 Å². The van der Waals surface area contributed by atoms with Crippen molar-refractivity contribution in [3.8, 4) is 0 Å². The summed E-state index contributed by atoms with van der Waals surface area (Å²) in [5.41, 5.74) is 6.91. The summed E-state index contributed by atoms with van der Waals surface area (Å²) in [5, 5.41) is 0. The van der Waals surface area contributed by atoms with E-state index >= 15 is 0 Å². The molecule has 0 saturated carbocycles. The fourth-order valence-electron chi connectivity index (χ4n) is 2.34. The van der Waals surface area contributed by atoms with Crippen molar-refractivity contribution in [2.45, 2.75) is 11.3 Å². The lowest BCUT2D eigenvalue weighted by atomic mass is 10.2. The summed E-state index contributed by atoms with van der Waals surface area (Å²) in [6, 6.07) is 8.89. The number of rotatable bonds is 5. The van der Waals surface area contributed by atoms with E-state index in [1.165, 1.54) is 10.6 Å². The van der Waals surface area contributed by atoms with Crippen LogP contribution in [0.2, 0.25) is 0 Å². The summed E-state index contributed by atoms with van der Waals surface area (Å²) < 4.78 is 0. The summed E-state index contributed by atoms with van der Waals surface area (Å²) in [4.78, 5) is 6.32. The van der Waals surface area contributed by atoms with Crippen molar-refractivity contribution in [3.05, 3.63) is 24.3 Å². The van der Waals surface area contributed by atoms with Gasteiger partial charge in [-0.2, -0.15) is 0 Å². The first-order chi connectivity index (χ1) is 8.83. The average Bonchev–Trinajstić information content (AvgIpc) is 2.46. The lowest BCUT2D eigenvalue weighted by molar-refractivity contribution is 0.256. The Morgan fingerprint density at radius 3 is 2.33 bits per heavy atom. The molecule has 3 nitrogen and oxygen atoms in total. The average molecular weight is 265 g/mol. The predicted octanol–water partition coefficient (Wildman–Crippen LogP) is 1.88. The van der Waals surface area contributed by atoms with Crippen LogP contribution in [0.1, 0.15) is 6.42 Å². The molecular weight excluding hydrogens is 242 g/mol. The molecule has 0 aliphatic carbocycles. The maximum atomic E-state index is 5.55. The van der Waals surface area contributed by atoms with E-state index in [0.717, 1.165) is 45.7 Å². The van der Waals surface area contributed by atoms with Gasteiger partial charge in [-0.15, -0.1) is 11.8 Å². The molecule has 0 spiro atoms. The van der Waals surface area contributed by atoms with Crippen molar-refractivity contribution >= 4 is 17.4 Å². The van der Waals surface area contributed by atoms with Gasteiger partial charge in [-0.3, -0.25) is 4.90 Å². The molecule has 1 aliphatic rings. The number of nitrogens with two attached hydrogens (primary N) is 1. The highest BCUT2D eigenvalue weighted by molar-refractivity contribution is 7.98. The van der Waals surface area contributed by atoms with Gasteiger partial charge in [-0.1, -0.05) is 0 Å². The molecule has 1 aromatic rings. The Hall–Kier alpha value is -0.710. The number of anilines is 1. The highest BCUT2D eigenvalue weighted by Gasteiger charge is 2.16. The van der Waals surface area contributed by atoms with Crippen molar-refractivity contribution in [2.24, 2.45) is 5.73 Å². The Kier molecular flexibility index (Phi) is 5.35. The molecule has 1 fully saturated rings. The van der Waals surface area contributed by atoms with Crippen LogP contribution in [0.5, 0.6) is 0 Å². The number of thioether (sulfide) groups is 1. The Bertz CT molecular complexity index is 345. The molecule has 2 N–H and O–H groups in total. The van der Waals surface area contributed by atoms with Crippen LogP contribution in [0.15, 0.2) is 29.2 Å². The van der Waals surface area contributed by atoms with Gasteiger partial charge in [0.25, 0.3) is 0 Å². The standard InChI is InChI=1S/C14H23N3S/c1-18-14-5-3-13(4-6-14)17-11-9-16(10-12-17)8-2-7-15/h3-6H,2,7-12,15H2,1H3. The molecule has 1 heterocycles. The number of hydrogen-bond acceptors (Lipinski definition) is 4. The normalized spacial score (nSPS) is 17.1. The van der Waals surface area contributed by atoms with Gasteiger partial charge in [0.05, 0.1) is 0 Å². The minimum Gasteiger partial charge on any atom is -0.369 e. The summed E-state index contributed by atoms with van der Waals surface area (Å²) in [6.45, 7) is 6.52. The van der Waals surface area contributed by atoms with E-state index in [1.54, 1.807) is 11.8 Å². The van der Waals surface area contributed by atoms with Crippen LogP contribution < -0.4 is 10.6 Å². The van der Waals surface area contributed by atoms with Crippen LogP contribution in [0.4, 0.5) is 5.69 Å². The monoisotopic (exact) mass is 265 g/mol. The van der Waals surface area contributed by atoms with E-state index in [9.17, 15) is 0 Å². The second-order valence-corrected chi connectivity index (χ2v) is 5.55. The Balaban J connectivity index is 1.84. The van der Waals surface area contributed by atoms with E-state index in [1.807, 2.05) is 0 Å². The van der Waals surface area contributed by atoms with E-state index in [4.69, 9.17) is 5.73 Å². The smallest absolute Gasteiger partial charge is 0.0367 e. The molecule has 0 atom stereocenters. The minimum absolute atomic E-state index is 0.802. The van der Waals surface area contributed by atoms with Gasteiger partial charge in [-0.25, -0.2) is 0 Å². The Labute approximate surface area is 114 Å². The summed E-state index contributed by atoms with van der Waals surface area (Å²) in [6.07, 6.45) is 3.23. The lowest BCUT2D eigenvalue weighted by Crippen LogP contribution is -2.46. The summed E-state index contributed by atoms with van der Waals surface area (Å²) >= 11 is 1.80. The first-order valence-corrected chi connectivity index (χ1v) is 7.87. The topological polar surface area (TPSA) is 32.5 Å². The largest absolute Gasteiger partial charge is 0.369 e. The van der Waals surface area contributed by atoms with Crippen LogP contribution in [0.25, 0.3) is 0 Å². The van der Waals surface area contributed by atoms with Crippen LogP contribution in [-0.4, -0.2) is 50.4 Å². The quantitative estimate of drug-likeness (QED) is 0.824. The van der Waals surface area contributed by atoms with E-state index < -0.39 is 0 Å². The van der Waals surface area contributed by atoms with Gasteiger partial charge in [0, 0.05) is 36.8 Å². The third-order valence-corrected chi connectivity index (χ3v) is 4.23. The molecule has 100 valence electrons. The van der Waals surface area contributed by atoms with Gasteiger partial charge in [0.1, 0.15) is 0 Å². The number of piperazine rings is 1. The molecule has 1 aromatic carbocycles. The zero-order valence-electron chi connectivity index (χ0n) is 11.1. The lowest BCUT2D eigenvalue weighted by Gasteiger charge is -2.36. The zero-order valence-corrected chi connectivity index (χ0v) is 12.0. The SMILES string of the molecule is CSc1ccc(N2CCN(CCCN)CC2)cc1. The second-order valence-electron chi connectivity index (χ2n) is 4.67. The van der Waals surface area contributed by atoms with Crippen molar-refractivity contribution in [3.63, 3.8) is 0 Å². The molecule has 4 heteroatoms. The molecule has 0 amide bonds. The maximum absolute atomic E-state index is 5.55. The highest BCUT2D eigenvalue weighted by atomic mass is 32.2. The molecule has 0 bridgehead atoms. The van der Waals surface area contributed by atoms with Crippen molar-refractivity contribution in [1.29, 1.82) is 0 Å². The van der Waals surface area contributed by atoms with Gasteiger partial charge in [-0.05, 0) is 50.0 Å². The van der Waals surface area contributed by atoms with Gasteiger partial charge < -0.3 is 10.6 Å². The molecule has 0 aromatic heterocycles. The van der Waals surface area contributed by atoms with Gasteiger partial charge in [0.2, 0.25) is 0 Å². The molecule has 0 unspecified atom stereocenters. The third kappa shape index (κ3) is 3.64. The predicted molar refractivity (Wildman–Crippen MR) is 80.5 cm³/mol. The number of hydrogen-bond donors (Lipinski definition) is 1. The fourth-order valence-corrected chi connectivity index (χ4v) is 2.75. The maximum Gasteiger partial charge on any atom is 0.0367 e. The zero-order chi connectivity index (χ0) is 12.8. The molecule has 1 saturated heterocycles. The summed E-state index contributed by atoms with van der Waals surface area (Å²) in [7, 11) is 0. The Morgan fingerprint density at radius 1 is 1.11 bits per heavy atom. The van der Waals surface area contributed by atoms with E-state index in [-0.39, 0.29) is 0 Å². The molecule has 2 rings (SSSR count). The summed E-state index contributed by atoms with van der Waals surface area (Å²) in [5.74, 6) is 0. The van der Waals surface area contributed by atoms with Gasteiger partial charge >= 0.3 is 0 Å². The number of nitrogens with zero attached hydrogens (tertiary/aromatic N) is 2. The van der Waals surface area contributed by atoms with Gasteiger partial charge in [0.15, 0.2) is 0 Å². The van der Waals surface area contributed by atoms with Crippen LogP contribution >= 0.6 is 11.8 Å². The van der Waals surface area contributed by atoms with E-state index in [2.05, 4.69) is 40.3 Å². The third-order valence-electron chi connectivity index (χ3n) is 3.49. The van der Waals surface area contributed by atoms with Crippen molar-refractivity contribution in [1.82, 2.24) is 4.90 Å².